The molecule has 0 aromatic heterocycles. The van der Waals surface area contributed by atoms with E-state index in [0.29, 0.717) is 6.42 Å². The van der Waals surface area contributed by atoms with E-state index in [-0.39, 0.29) is 6.61 Å². The van der Waals surface area contributed by atoms with Gasteiger partial charge in [0.25, 0.3) is 0 Å². The molecule has 0 amide bonds. The molecule has 0 heterocycles. The van der Waals surface area contributed by atoms with Crippen LogP contribution in [0.2, 0.25) is 0 Å². The van der Waals surface area contributed by atoms with Crippen LogP contribution in [-0.2, 0) is 0 Å². The van der Waals surface area contributed by atoms with E-state index in [1.165, 1.54) is 13.8 Å². The van der Waals surface area contributed by atoms with Gasteiger partial charge in [0.05, 0.1) is 18.3 Å². The minimum Gasteiger partial charge on any atom is -0.396 e. The van der Waals surface area contributed by atoms with E-state index in [9.17, 15) is 10.2 Å². The molecule has 0 aliphatic carbocycles. The second-order valence-corrected chi connectivity index (χ2v) is 3.15. The summed E-state index contributed by atoms with van der Waals surface area (Å²) in [6.07, 6.45) is -2.28. The summed E-state index contributed by atoms with van der Waals surface area (Å²) in [4.78, 5) is 0. The van der Waals surface area contributed by atoms with Crippen LogP contribution in [-0.4, -0.2) is 45.3 Å². The third-order valence-corrected chi connectivity index (χ3v) is 2.01. The van der Waals surface area contributed by atoms with Crippen molar-refractivity contribution in [1.29, 1.82) is 0 Å². The van der Waals surface area contributed by atoms with Crippen LogP contribution >= 0.6 is 0 Å². The van der Waals surface area contributed by atoms with Gasteiger partial charge in [0, 0.05) is 12.5 Å². The lowest BCUT2D eigenvalue weighted by Crippen LogP contribution is -2.38. The van der Waals surface area contributed by atoms with E-state index in [0.717, 1.165) is 0 Å². The van der Waals surface area contributed by atoms with Gasteiger partial charge in [0.1, 0.15) is 0 Å². The molecule has 0 radical (unpaired) electrons. The van der Waals surface area contributed by atoms with Crippen LogP contribution in [0.1, 0.15) is 20.3 Å². The summed E-state index contributed by atoms with van der Waals surface area (Å²) in [5.74, 6) is -0.463. The third-order valence-electron chi connectivity index (χ3n) is 2.01. The van der Waals surface area contributed by atoms with Gasteiger partial charge in [-0.25, -0.2) is 0 Å². The van der Waals surface area contributed by atoms with Crippen LogP contribution in [0.3, 0.4) is 0 Å². The largest absolute Gasteiger partial charge is 0.396 e. The van der Waals surface area contributed by atoms with Crippen LogP contribution in [0.4, 0.5) is 0 Å². The number of hydrogen-bond donors (Lipinski definition) is 4. The predicted octanol–water partition coefficient (Wildman–Crippen LogP) is -0.893. The molecule has 0 aromatic carbocycles. The molecule has 0 aliphatic heterocycles. The predicted molar refractivity (Wildman–Crippen MR) is 44.6 cm³/mol. The van der Waals surface area contributed by atoms with Crippen molar-refractivity contribution in [2.45, 2.75) is 38.6 Å². The first kappa shape index (κ1) is 11.8. The smallest absolute Gasteiger partial charge is 0.0849 e. The van der Waals surface area contributed by atoms with Crippen molar-refractivity contribution in [1.82, 2.24) is 0 Å². The number of aliphatic hydroxyl groups is 4. The van der Waals surface area contributed by atoms with Gasteiger partial charge in [-0.1, -0.05) is 0 Å². The lowest BCUT2D eigenvalue weighted by molar-refractivity contribution is -0.0530. The van der Waals surface area contributed by atoms with Crippen molar-refractivity contribution >= 4 is 0 Å². The third kappa shape index (κ3) is 3.49. The van der Waals surface area contributed by atoms with Crippen LogP contribution in [0.25, 0.3) is 0 Å². The molecular formula is C8H18O4. The zero-order chi connectivity index (χ0) is 9.72. The highest BCUT2D eigenvalue weighted by atomic mass is 16.3. The maximum atomic E-state index is 9.37. The Labute approximate surface area is 72.5 Å². The fraction of sp³-hybridized carbons (Fsp3) is 1.00. The quantitative estimate of drug-likeness (QED) is 0.440. The Balaban J connectivity index is 4.09. The van der Waals surface area contributed by atoms with Gasteiger partial charge in [-0.15, -0.1) is 0 Å². The summed E-state index contributed by atoms with van der Waals surface area (Å²) in [6, 6.07) is 0. The Kier molecular flexibility index (Phi) is 5.41. The van der Waals surface area contributed by atoms with E-state index in [4.69, 9.17) is 10.2 Å². The van der Waals surface area contributed by atoms with Gasteiger partial charge in [-0.05, 0) is 20.3 Å². The van der Waals surface area contributed by atoms with Crippen LogP contribution in [0.5, 0.6) is 0 Å². The molecule has 0 aromatic rings. The van der Waals surface area contributed by atoms with E-state index < -0.39 is 24.2 Å². The second-order valence-electron chi connectivity index (χ2n) is 3.15. The van der Waals surface area contributed by atoms with Crippen LogP contribution in [0, 0.1) is 5.92 Å². The summed E-state index contributed by atoms with van der Waals surface area (Å²) in [6.45, 7) is 2.89. The van der Waals surface area contributed by atoms with Crippen molar-refractivity contribution in [3.05, 3.63) is 0 Å². The zero-order valence-electron chi connectivity index (χ0n) is 7.51. The van der Waals surface area contributed by atoms with Gasteiger partial charge in [-0.3, -0.25) is 0 Å². The average molecular weight is 178 g/mol. The Hall–Kier alpha value is -0.160. The summed E-state index contributed by atoms with van der Waals surface area (Å²) < 4.78 is 0. The van der Waals surface area contributed by atoms with Gasteiger partial charge < -0.3 is 20.4 Å². The maximum Gasteiger partial charge on any atom is 0.0849 e. The van der Waals surface area contributed by atoms with Crippen molar-refractivity contribution in [3.8, 4) is 0 Å². The molecule has 74 valence electrons. The average Bonchev–Trinajstić information content (AvgIpc) is 1.98. The number of rotatable bonds is 5. The van der Waals surface area contributed by atoms with Crippen molar-refractivity contribution in [3.63, 3.8) is 0 Å². The van der Waals surface area contributed by atoms with Gasteiger partial charge in [0.15, 0.2) is 0 Å². The highest BCUT2D eigenvalue weighted by molar-refractivity contribution is 4.76. The minimum absolute atomic E-state index is 0.0979. The lowest BCUT2D eigenvalue weighted by atomic mass is 9.91. The topological polar surface area (TPSA) is 80.9 Å². The van der Waals surface area contributed by atoms with Crippen LogP contribution in [0.15, 0.2) is 0 Å². The number of aliphatic hydroxyl groups excluding tert-OH is 4. The molecule has 4 nitrogen and oxygen atoms in total. The first-order valence-electron chi connectivity index (χ1n) is 4.15. The minimum atomic E-state index is -0.975. The Morgan fingerprint density at radius 1 is 1.00 bits per heavy atom. The standard InChI is InChI=1S/C8H18O4/c1-5(10)7(3-4-9)8(12)6(2)11/h5-12H,3-4H2,1-2H3. The normalized spacial score (nSPS) is 21.5. The molecule has 0 saturated carbocycles. The number of hydrogen-bond acceptors (Lipinski definition) is 4. The molecule has 4 N–H and O–H groups in total. The molecule has 4 atom stereocenters. The highest BCUT2D eigenvalue weighted by Gasteiger charge is 2.26. The lowest BCUT2D eigenvalue weighted by Gasteiger charge is -2.26. The molecule has 4 unspecified atom stereocenters. The van der Waals surface area contributed by atoms with Crippen molar-refractivity contribution in [2.75, 3.05) is 6.61 Å². The Morgan fingerprint density at radius 3 is 1.75 bits per heavy atom. The van der Waals surface area contributed by atoms with Gasteiger partial charge in [-0.2, -0.15) is 0 Å². The van der Waals surface area contributed by atoms with Crippen LogP contribution < -0.4 is 0 Å². The molecule has 4 heteroatoms. The zero-order valence-corrected chi connectivity index (χ0v) is 7.51. The molecule has 0 fully saturated rings. The first-order valence-corrected chi connectivity index (χ1v) is 4.15. The molecule has 0 spiro atoms. The van der Waals surface area contributed by atoms with Crippen molar-refractivity contribution < 1.29 is 20.4 Å². The van der Waals surface area contributed by atoms with Gasteiger partial charge >= 0.3 is 0 Å². The summed E-state index contributed by atoms with van der Waals surface area (Å²) in [5, 5.41) is 36.2. The monoisotopic (exact) mass is 178 g/mol. The van der Waals surface area contributed by atoms with Crippen molar-refractivity contribution in [2.24, 2.45) is 5.92 Å². The molecule has 0 aliphatic rings. The summed E-state index contributed by atoms with van der Waals surface area (Å²) in [5.41, 5.74) is 0. The second kappa shape index (κ2) is 5.48. The fourth-order valence-corrected chi connectivity index (χ4v) is 1.20. The summed E-state index contributed by atoms with van der Waals surface area (Å²) in [7, 11) is 0. The molecule has 0 saturated heterocycles. The first-order chi connectivity index (χ1) is 5.50. The van der Waals surface area contributed by atoms with E-state index >= 15 is 0 Å². The van der Waals surface area contributed by atoms with E-state index in [2.05, 4.69) is 0 Å². The highest BCUT2D eigenvalue weighted by Crippen LogP contribution is 2.16. The fourth-order valence-electron chi connectivity index (χ4n) is 1.20. The molecule has 0 rings (SSSR count). The molecule has 0 bridgehead atoms. The summed E-state index contributed by atoms with van der Waals surface area (Å²) >= 11 is 0. The van der Waals surface area contributed by atoms with E-state index in [1.807, 2.05) is 0 Å². The Morgan fingerprint density at radius 2 is 1.50 bits per heavy atom. The maximum absolute atomic E-state index is 9.37. The molecular weight excluding hydrogens is 160 g/mol. The Bertz CT molecular complexity index is 114. The SMILES string of the molecule is CC(O)C(O)C(CCO)C(C)O. The molecule has 12 heavy (non-hydrogen) atoms. The van der Waals surface area contributed by atoms with Gasteiger partial charge in [0.2, 0.25) is 0 Å². The van der Waals surface area contributed by atoms with E-state index in [1.54, 1.807) is 0 Å².